The molecule has 0 spiro atoms. The van der Waals surface area contributed by atoms with Crippen molar-refractivity contribution in [1.29, 1.82) is 0 Å². The molecule has 2 rings (SSSR count). The van der Waals surface area contributed by atoms with E-state index in [9.17, 15) is 9.59 Å². The molecule has 0 aliphatic rings. The predicted molar refractivity (Wildman–Crippen MR) is 101 cm³/mol. The summed E-state index contributed by atoms with van der Waals surface area (Å²) in [5, 5.41) is 9.41. The number of nitrogens with zero attached hydrogens (tertiary/aromatic N) is 3. The molecule has 2 aromatic rings. The van der Waals surface area contributed by atoms with Crippen LogP contribution in [0.25, 0.3) is 10.8 Å². The van der Waals surface area contributed by atoms with E-state index in [1.54, 1.807) is 30.5 Å². The molecule has 1 amide bonds. The van der Waals surface area contributed by atoms with E-state index < -0.39 is 5.91 Å². The second kappa shape index (κ2) is 9.11. The lowest BCUT2D eigenvalue weighted by molar-refractivity contribution is 0.0949. The van der Waals surface area contributed by atoms with Crippen molar-refractivity contribution in [3.63, 3.8) is 0 Å². The summed E-state index contributed by atoms with van der Waals surface area (Å²) < 4.78 is 1.38. The molecule has 0 saturated heterocycles. The molecule has 0 radical (unpaired) electrons. The molecule has 1 aromatic heterocycles. The first-order chi connectivity index (χ1) is 12.1. The highest BCUT2D eigenvalue weighted by Gasteiger charge is 2.16. The van der Waals surface area contributed by atoms with Crippen LogP contribution in [0.1, 0.15) is 56.9 Å². The number of unbranched alkanes of at least 4 members (excludes halogenated alkanes) is 1. The lowest BCUT2D eigenvalue weighted by Gasteiger charge is -2.10. The van der Waals surface area contributed by atoms with Crippen LogP contribution in [0, 0.1) is 5.92 Å². The van der Waals surface area contributed by atoms with Gasteiger partial charge in [0.1, 0.15) is 0 Å². The summed E-state index contributed by atoms with van der Waals surface area (Å²) in [6.07, 6.45) is 5.48. The number of nitrogens with one attached hydrogen (secondary N) is 1. The van der Waals surface area contributed by atoms with Crippen molar-refractivity contribution in [2.45, 2.75) is 53.0 Å². The Balaban J connectivity index is 2.37. The van der Waals surface area contributed by atoms with Crippen LogP contribution in [0.4, 0.5) is 0 Å². The second-order valence-corrected chi connectivity index (χ2v) is 6.07. The molecule has 0 fully saturated rings. The molecular formula is C19H26N4O2. The summed E-state index contributed by atoms with van der Waals surface area (Å²) in [5.74, 6) is -0.0628. The van der Waals surface area contributed by atoms with Crippen LogP contribution in [0.15, 0.2) is 34.2 Å². The number of fused-ring (bicyclic) bond motifs is 1. The van der Waals surface area contributed by atoms with E-state index >= 15 is 0 Å². The van der Waals surface area contributed by atoms with Gasteiger partial charge in [0, 0.05) is 18.1 Å². The molecule has 0 saturated carbocycles. The summed E-state index contributed by atoms with van der Waals surface area (Å²) in [6, 6.07) is 7.06. The van der Waals surface area contributed by atoms with Gasteiger partial charge in [-0.2, -0.15) is 10.2 Å². The van der Waals surface area contributed by atoms with Gasteiger partial charge in [0.05, 0.1) is 5.39 Å². The minimum Gasteiger partial charge on any atom is -0.267 e. The number of aryl methyl sites for hydroxylation is 1. The lowest BCUT2D eigenvalue weighted by Crippen LogP contribution is -2.29. The first-order valence-electron chi connectivity index (χ1n) is 8.95. The molecule has 0 bridgehead atoms. The Morgan fingerprint density at radius 1 is 1.24 bits per heavy atom. The third-order valence-electron chi connectivity index (χ3n) is 4.31. The van der Waals surface area contributed by atoms with E-state index in [0.29, 0.717) is 23.2 Å². The van der Waals surface area contributed by atoms with E-state index in [1.807, 2.05) is 6.92 Å². The molecule has 1 heterocycles. The van der Waals surface area contributed by atoms with Crippen LogP contribution in [-0.4, -0.2) is 21.9 Å². The molecule has 0 atom stereocenters. The number of rotatable bonds is 8. The van der Waals surface area contributed by atoms with Crippen LogP contribution < -0.4 is 11.0 Å². The van der Waals surface area contributed by atoms with Crippen molar-refractivity contribution >= 4 is 22.9 Å². The average Bonchev–Trinajstić information content (AvgIpc) is 2.64. The summed E-state index contributed by atoms with van der Waals surface area (Å²) >= 11 is 0. The summed E-state index contributed by atoms with van der Waals surface area (Å²) in [4.78, 5) is 25.1. The maximum Gasteiger partial charge on any atom is 0.292 e. The van der Waals surface area contributed by atoms with Crippen LogP contribution in [0.3, 0.4) is 0 Å². The second-order valence-electron chi connectivity index (χ2n) is 6.07. The predicted octanol–water partition coefficient (Wildman–Crippen LogP) is 3.35. The molecule has 0 aliphatic heterocycles. The lowest BCUT2D eigenvalue weighted by atomic mass is 10.1. The van der Waals surface area contributed by atoms with Crippen LogP contribution in [-0.2, 0) is 6.54 Å². The highest BCUT2D eigenvalue weighted by atomic mass is 16.2. The molecule has 6 heteroatoms. The summed E-state index contributed by atoms with van der Waals surface area (Å²) in [6.45, 7) is 6.71. The Bertz CT molecular complexity index is 807. The van der Waals surface area contributed by atoms with Crippen LogP contribution >= 0.6 is 0 Å². The monoisotopic (exact) mass is 342 g/mol. The minimum atomic E-state index is -0.399. The zero-order valence-electron chi connectivity index (χ0n) is 15.2. The van der Waals surface area contributed by atoms with Gasteiger partial charge in [0.2, 0.25) is 0 Å². The van der Waals surface area contributed by atoms with Crippen molar-refractivity contribution < 1.29 is 4.79 Å². The quantitative estimate of drug-likeness (QED) is 0.590. The topological polar surface area (TPSA) is 76.3 Å². The first kappa shape index (κ1) is 18.8. The normalized spacial score (nSPS) is 11.5. The molecular weight excluding hydrogens is 316 g/mol. The van der Waals surface area contributed by atoms with Gasteiger partial charge in [-0.3, -0.25) is 9.59 Å². The van der Waals surface area contributed by atoms with E-state index in [2.05, 4.69) is 29.5 Å². The van der Waals surface area contributed by atoms with Gasteiger partial charge in [0.25, 0.3) is 11.5 Å². The Labute approximate surface area is 147 Å². The van der Waals surface area contributed by atoms with E-state index in [-0.39, 0.29) is 11.3 Å². The Kier molecular flexibility index (Phi) is 6.86. The number of carbonyl (C=O) groups excluding carboxylic acids is 1. The molecule has 134 valence electrons. The van der Waals surface area contributed by atoms with Gasteiger partial charge in [-0.15, -0.1) is 0 Å². The highest BCUT2D eigenvalue weighted by Crippen LogP contribution is 2.13. The third kappa shape index (κ3) is 4.53. The smallest absolute Gasteiger partial charge is 0.267 e. The molecule has 1 N–H and O–H groups in total. The van der Waals surface area contributed by atoms with Crippen molar-refractivity contribution in [1.82, 2.24) is 15.2 Å². The number of carbonyl (C=O) groups is 1. The number of hydrogen-bond donors (Lipinski definition) is 1. The van der Waals surface area contributed by atoms with Gasteiger partial charge < -0.3 is 0 Å². The Hall–Kier alpha value is -2.50. The number of amides is 1. The van der Waals surface area contributed by atoms with Gasteiger partial charge in [-0.25, -0.2) is 10.1 Å². The standard InChI is InChI=1S/C19H26N4O2/c1-4-7-12-23-19(25)16-11-9-8-10-15(16)17(22-23)18(24)21-20-13-14(5-2)6-3/h8-11,13-14H,4-7,12H2,1-3H3,(H,21,24)/b20-13+. The van der Waals surface area contributed by atoms with Gasteiger partial charge in [-0.05, 0) is 31.2 Å². The number of hydrazone groups is 1. The van der Waals surface area contributed by atoms with Crippen molar-refractivity contribution in [2.75, 3.05) is 0 Å². The fourth-order valence-electron chi connectivity index (χ4n) is 2.62. The number of hydrogen-bond acceptors (Lipinski definition) is 4. The van der Waals surface area contributed by atoms with Crippen molar-refractivity contribution in [2.24, 2.45) is 11.0 Å². The highest BCUT2D eigenvalue weighted by molar-refractivity contribution is 6.04. The largest absolute Gasteiger partial charge is 0.292 e. The Morgan fingerprint density at radius 2 is 1.92 bits per heavy atom. The molecule has 0 aliphatic carbocycles. The van der Waals surface area contributed by atoms with Gasteiger partial charge >= 0.3 is 0 Å². The molecule has 6 nitrogen and oxygen atoms in total. The Morgan fingerprint density at radius 3 is 2.56 bits per heavy atom. The van der Waals surface area contributed by atoms with E-state index in [0.717, 1.165) is 25.7 Å². The van der Waals surface area contributed by atoms with Gasteiger partial charge in [0.15, 0.2) is 5.69 Å². The fraction of sp³-hybridized carbons (Fsp3) is 0.474. The minimum absolute atomic E-state index is 0.166. The van der Waals surface area contributed by atoms with E-state index in [4.69, 9.17) is 0 Å². The number of aromatic nitrogens is 2. The third-order valence-corrected chi connectivity index (χ3v) is 4.31. The van der Waals surface area contributed by atoms with Gasteiger partial charge in [-0.1, -0.05) is 45.4 Å². The SMILES string of the molecule is CCCCn1nc(C(=O)N/N=C/C(CC)CC)c2ccccc2c1=O. The molecule has 25 heavy (non-hydrogen) atoms. The first-order valence-corrected chi connectivity index (χ1v) is 8.95. The average molecular weight is 342 g/mol. The summed E-state index contributed by atoms with van der Waals surface area (Å²) in [7, 11) is 0. The van der Waals surface area contributed by atoms with E-state index in [1.165, 1.54) is 4.68 Å². The maximum absolute atomic E-state index is 12.6. The van der Waals surface area contributed by atoms with Crippen LogP contribution in [0.5, 0.6) is 0 Å². The fourth-order valence-corrected chi connectivity index (χ4v) is 2.62. The molecule has 1 aromatic carbocycles. The number of benzene rings is 1. The van der Waals surface area contributed by atoms with Crippen LogP contribution in [0.2, 0.25) is 0 Å². The maximum atomic E-state index is 12.6. The summed E-state index contributed by atoms with van der Waals surface area (Å²) in [5.41, 5.74) is 2.61. The zero-order chi connectivity index (χ0) is 18.2. The van der Waals surface area contributed by atoms with Crippen molar-refractivity contribution in [3.8, 4) is 0 Å². The van der Waals surface area contributed by atoms with Crippen molar-refractivity contribution in [3.05, 3.63) is 40.3 Å². The zero-order valence-corrected chi connectivity index (χ0v) is 15.2. The molecule has 0 unspecified atom stereocenters.